The van der Waals surface area contributed by atoms with Gasteiger partial charge in [-0.3, -0.25) is 9.69 Å². The summed E-state index contributed by atoms with van der Waals surface area (Å²) in [5, 5.41) is 8.69. The Bertz CT molecular complexity index is 157. The first-order valence-electron chi connectivity index (χ1n) is 5.53. The van der Waals surface area contributed by atoms with Crippen molar-refractivity contribution in [3.63, 3.8) is 0 Å². The van der Waals surface area contributed by atoms with Crippen LogP contribution in [0.3, 0.4) is 0 Å². The van der Waals surface area contributed by atoms with Crippen LogP contribution in [-0.2, 0) is 4.79 Å². The van der Waals surface area contributed by atoms with Gasteiger partial charge in [-0.15, -0.1) is 0 Å². The SMILES string of the molecule is CCCCCCN(CC(=O)O)C(C)C. The van der Waals surface area contributed by atoms with E-state index in [1.807, 2.05) is 18.7 Å². The fourth-order valence-electron chi connectivity index (χ4n) is 1.44. The second-order valence-corrected chi connectivity index (χ2v) is 4.02. The molecule has 0 rings (SSSR count). The molecule has 0 spiro atoms. The largest absolute Gasteiger partial charge is 0.480 e. The lowest BCUT2D eigenvalue weighted by atomic mass is 10.2. The van der Waals surface area contributed by atoms with E-state index in [1.165, 1.54) is 19.3 Å². The van der Waals surface area contributed by atoms with Gasteiger partial charge in [-0.05, 0) is 26.8 Å². The minimum atomic E-state index is -0.728. The molecule has 0 atom stereocenters. The minimum Gasteiger partial charge on any atom is -0.480 e. The predicted molar refractivity (Wildman–Crippen MR) is 58.5 cm³/mol. The standard InChI is InChI=1S/C11H23NO2/c1-4-5-6-7-8-12(10(2)3)9-11(13)14/h10H,4-9H2,1-3H3,(H,13,14). The van der Waals surface area contributed by atoms with Crippen LogP contribution in [0, 0.1) is 0 Å². The van der Waals surface area contributed by atoms with Gasteiger partial charge in [0.2, 0.25) is 0 Å². The normalized spacial score (nSPS) is 11.2. The molecule has 0 aliphatic rings. The summed E-state index contributed by atoms with van der Waals surface area (Å²) in [7, 11) is 0. The van der Waals surface area contributed by atoms with E-state index < -0.39 is 5.97 Å². The molecule has 0 aromatic carbocycles. The van der Waals surface area contributed by atoms with Gasteiger partial charge in [0, 0.05) is 6.04 Å². The predicted octanol–water partition coefficient (Wildman–Crippen LogP) is 2.36. The average molecular weight is 201 g/mol. The molecule has 0 amide bonds. The van der Waals surface area contributed by atoms with Crippen LogP contribution in [0.1, 0.15) is 46.5 Å². The second kappa shape index (κ2) is 7.80. The molecule has 3 heteroatoms. The number of rotatable bonds is 8. The van der Waals surface area contributed by atoms with Gasteiger partial charge in [0.15, 0.2) is 0 Å². The second-order valence-electron chi connectivity index (χ2n) is 4.02. The van der Waals surface area contributed by atoms with Crippen molar-refractivity contribution >= 4 is 5.97 Å². The Hall–Kier alpha value is -0.570. The summed E-state index contributed by atoms with van der Waals surface area (Å²) in [6, 6.07) is 0.327. The molecule has 14 heavy (non-hydrogen) atoms. The van der Waals surface area contributed by atoms with Crippen LogP contribution in [0.4, 0.5) is 0 Å². The van der Waals surface area contributed by atoms with E-state index in [2.05, 4.69) is 6.92 Å². The number of carboxylic acid groups (broad SMARTS) is 1. The zero-order valence-corrected chi connectivity index (χ0v) is 9.62. The van der Waals surface area contributed by atoms with E-state index in [9.17, 15) is 4.79 Å². The average Bonchev–Trinajstić information content (AvgIpc) is 2.09. The molecule has 0 heterocycles. The van der Waals surface area contributed by atoms with Crippen LogP contribution in [0.15, 0.2) is 0 Å². The Balaban J connectivity index is 3.68. The van der Waals surface area contributed by atoms with Crippen molar-refractivity contribution in [2.75, 3.05) is 13.1 Å². The van der Waals surface area contributed by atoms with Crippen LogP contribution in [0.25, 0.3) is 0 Å². The van der Waals surface area contributed by atoms with Crippen molar-refractivity contribution in [3.8, 4) is 0 Å². The summed E-state index contributed by atoms with van der Waals surface area (Å²) >= 11 is 0. The Kier molecular flexibility index (Phi) is 7.48. The van der Waals surface area contributed by atoms with E-state index in [1.54, 1.807) is 0 Å². The van der Waals surface area contributed by atoms with Crippen molar-refractivity contribution in [2.45, 2.75) is 52.5 Å². The van der Waals surface area contributed by atoms with Gasteiger partial charge in [-0.2, -0.15) is 0 Å². The summed E-state index contributed by atoms with van der Waals surface area (Å²) in [4.78, 5) is 12.6. The van der Waals surface area contributed by atoms with Crippen molar-refractivity contribution in [2.24, 2.45) is 0 Å². The molecule has 0 saturated heterocycles. The lowest BCUT2D eigenvalue weighted by molar-refractivity contribution is -0.138. The fraction of sp³-hybridized carbons (Fsp3) is 0.909. The van der Waals surface area contributed by atoms with E-state index in [-0.39, 0.29) is 6.54 Å². The summed E-state index contributed by atoms with van der Waals surface area (Å²) in [5.41, 5.74) is 0. The molecule has 0 aromatic heterocycles. The number of hydrogen-bond acceptors (Lipinski definition) is 2. The van der Waals surface area contributed by atoms with Gasteiger partial charge in [0.25, 0.3) is 0 Å². The zero-order chi connectivity index (χ0) is 11.0. The quantitative estimate of drug-likeness (QED) is 0.613. The lowest BCUT2D eigenvalue weighted by Gasteiger charge is -2.24. The van der Waals surface area contributed by atoms with E-state index in [0.29, 0.717) is 6.04 Å². The molecule has 0 fully saturated rings. The van der Waals surface area contributed by atoms with Gasteiger partial charge in [-0.25, -0.2) is 0 Å². The maximum absolute atomic E-state index is 10.6. The Labute approximate surface area is 87.1 Å². The monoisotopic (exact) mass is 201 g/mol. The number of nitrogens with zero attached hydrogens (tertiary/aromatic N) is 1. The summed E-state index contributed by atoms with van der Waals surface area (Å²) < 4.78 is 0. The summed E-state index contributed by atoms with van der Waals surface area (Å²) in [5.74, 6) is -0.728. The molecule has 84 valence electrons. The molecule has 3 nitrogen and oxygen atoms in total. The molecule has 0 aromatic rings. The highest BCUT2D eigenvalue weighted by Crippen LogP contribution is 2.04. The number of carbonyl (C=O) groups is 1. The van der Waals surface area contributed by atoms with Gasteiger partial charge in [0.05, 0.1) is 6.54 Å². The highest BCUT2D eigenvalue weighted by molar-refractivity contribution is 5.69. The maximum atomic E-state index is 10.6. The number of hydrogen-bond donors (Lipinski definition) is 1. The van der Waals surface area contributed by atoms with Crippen LogP contribution in [0.5, 0.6) is 0 Å². The van der Waals surface area contributed by atoms with Crippen LogP contribution in [-0.4, -0.2) is 35.1 Å². The third-order valence-corrected chi connectivity index (χ3v) is 2.37. The van der Waals surface area contributed by atoms with Crippen molar-refractivity contribution < 1.29 is 9.90 Å². The Morgan fingerprint density at radius 2 is 1.93 bits per heavy atom. The maximum Gasteiger partial charge on any atom is 0.317 e. The Morgan fingerprint density at radius 1 is 1.29 bits per heavy atom. The van der Waals surface area contributed by atoms with E-state index >= 15 is 0 Å². The third-order valence-electron chi connectivity index (χ3n) is 2.37. The van der Waals surface area contributed by atoms with Gasteiger partial charge in [-0.1, -0.05) is 26.2 Å². The number of aliphatic carboxylic acids is 1. The molecule has 0 aliphatic heterocycles. The summed E-state index contributed by atoms with van der Waals surface area (Å²) in [6.07, 6.45) is 4.79. The van der Waals surface area contributed by atoms with E-state index in [4.69, 9.17) is 5.11 Å². The molecule has 1 N–H and O–H groups in total. The molecule has 0 aliphatic carbocycles. The molecular formula is C11H23NO2. The fourth-order valence-corrected chi connectivity index (χ4v) is 1.44. The first-order chi connectivity index (χ1) is 6.57. The molecule has 0 bridgehead atoms. The number of carboxylic acids is 1. The molecule has 0 radical (unpaired) electrons. The highest BCUT2D eigenvalue weighted by Gasteiger charge is 2.11. The third kappa shape index (κ3) is 6.89. The first-order valence-corrected chi connectivity index (χ1v) is 5.53. The summed E-state index contributed by atoms with van der Waals surface area (Å²) in [6.45, 7) is 7.34. The van der Waals surface area contributed by atoms with E-state index in [0.717, 1.165) is 13.0 Å². The van der Waals surface area contributed by atoms with Gasteiger partial charge < -0.3 is 5.11 Å². The van der Waals surface area contributed by atoms with Crippen molar-refractivity contribution in [3.05, 3.63) is 0 Å². The van der Waals surface area contributed by atoms with Crippen LogP contribution < -0.4 is 0 Å². The topological polar surface area (TPSA) is 40.5 Å². The number of unbranched alkanes of at least 4 members (excludes halogenated alkanes) is 3. The lowest BCUT2D eigenvalue weighted by Crippen LogP contribution is -2.36. The van der Waals surface area contributed by atoms with Gasteiger partial charge >= 0.3 is 5.97 Å². The van der Waals surface area contributed by atoms with Crippen LogP contribution in [0.2, 0.25) is 0 Å². The smallest absolute Gasteiger partial charge is 0.317 e. The highest BCUT2D eigenvalue weighted by atomic mass is 16.4. The van der Waals surface area contributed by atoms with Crippen LogP contribution >= 0.6 is 0 Å². The van der Waals surface area contributed by atoms with Crippen molar-refractivity contribution in [1.82, 2.24) is 4.90 Å². The van der Waals surface area contributed by atoms with Crippen molar-refractivity contribution in [1.29, 1.82) is 0 Å². The van der Waals surface area contributed by atoms with Gasteiger partial charge in [0.1, 0.15) is 0 Å². The first kappa shape index (κ1) is 13.4. The zero-order valence-electron chi connectivity index (χ0n) is 9.62. The molecule has 0 unspecified atom stereocenters. The molecular weight excluding hydrogens is 178 g/mol. The minimum absolute atomic E-state index is 0.170. The Morgan fingerprint density at radius 3 is 2.36 bits per heavy atom. The molecule has 0 saturated carbocycles.